The van der Waals surface area contributed by atoms with Crippen molar-refractivity contribution in [1.29, 1.82) is 0 Å². The van der Waals surface area contributed by atoms with Gasteiger partial charge in [-0.15, -0.1) is 0 Å². The van der Waals surface area contributed by atoms with E-state index < -0.39 is 5.97 Å². The van der Waals surface area contributed by atoms with E-state index in [9.17, 15) is 9.59 Å². The molecule has 0 bridgehead atoms. The first kappa shape index (κ1) is 14.2. The average Bonchev–Trinajstić information content (AvgIpc) is 2.86. The number of rotatable bonds is 4. The Kier molecular flexibility index (Phi) is 4.44. The van der Waals surface area contributed by atoms with Gasteiger partial charge < -0.3 is 15.8 Å². The Morgan fingerprint density at radius 2 is 2.20 bits per heavy atom. The van der Waals surface area contributed by atoms with Crippen LogP contribution in [-0.4, -0.2) is 16.3 Å². The van der Waals surface area contributed by atoms with E-state index in [1.807, 2.05) is 0 Å². The summed E-state index contributed by atoms with van der Waals surface area (Å²) in [6.07, 6.45) is 0. The van der Waals surface area contributed by atoms with Crippen LogP contribution in [0.5, 0.6) is 5.75 Å². The lowest BCUT2D eigenvalue weighted by molar-refractivity contribution is -0.131. The highest BCUT2D eigenvalue weighted by atomic mass is 32.1. The van der Waals surface area contributed by atoms with Gasteiger partial charge >= 0.3 is 5.97 Å². The van der Waals surface area contributed by atoms with E-state index in [0.29, 0.717) is 23.7 Å². The molecule has 1 heterocycles. The zero-order chi connectivity index (χ0) is 14.5. The van der Waals surface area contributed by atoms with Crippen molar-refractivity contribution in [3.63, 3.8) is 0 Å². The first-order chi connectivity index (χ1) is 9.58. The third kappa shape index (κ3) is 3.62. The van der Waals surface area contributed by atoms with Crippen LogP contribution in [-0.2, 0) is 11.3 Å². The molecule has 0 fully saturated rings. The van der Waals surface area contributed by atoms with Gasteiger partial charge in [-0.05, 0) is 35.8 Å². The third-order valence-electron chi connectivity index (χ3n) is 2.36. The second-order valence-corrected chi connectivity index (χ2v) is 4.85. The summed E-state index contributed by atoms with van der Waals surface area (Å²) >= 11 is 1.24. The molecule has 1 aromatic heterocycles. The van der Waals surface area contributed by atoms with Crippen molar-refractivity contribution < 1.29 is 14.3 Å². The van der Waals surface area contributed by atoms with Gasteiger partial charge in [0, 0.05) is 23.9 Å². The van der Waals surface area contributed by atoms with E-state index in [4.69, 9.17) is 10.5 Å². The molecular weight excluding hydrogens is 278 g/mol. The number of ether oxygens (including phenoxy) is 1. The van der Waals surface area contributed by atoms with Gasteiger partial charge in [0.1, 0.15) is 11.6 Å². The second kappa shape index (κ2) is 6.27. The van der Waals surface area contributed by atoms with Gasteiger partial charge in [0.15, 0.2) is 0 Å². The molecule has 0 spiro atoms. The summed E-state index contributed by atoms with van der Waals surface area (Å²) in [5, 5.41) is 2.66. The third-order valence-corrected chi connectivity index (χ3v) is 3.17. The fraction of sp³-hybridized carbons (Fsp3) is 0.154. The second-order valence-electron chi connectivity index (χ2n) is 3.96. The maximum Gasteiger partial charge on any atom is 0.308 e. The predicted octanol–water partition coefficient (Wildman–Crippen LogP) is 1.78. The van der Waals surface area contributed by atoms with Gasteiger partial charge in [0.25, 0.3) is 5.91 Å². The Morgan fingerprint density at radius 3 is 2.85 bits per heavy atom. The van der Waals surface area contributed by atoms with Crippen molar-refractivity contribution in [1.82, 2.24) is 4.37 Å². The van der Waals surface area contributed by atoms with Crippen molar-refractivity contribution in [2.75, 3.05) is 5.32 Å². The van der Waals surface area contributed by atoms with Crippen LogP contribution in [0.15, 0.2) is 30.3 Å². The van der Waals surface area contributed by atoms with E-state index in [2.05, 4.69) is 9.69 Å². The lowest BCUT2D eigenvalue weighted by Crippen LogP contribution is -2.12. The molecule has 1 aromatic carbocycles. The average molecular weight is 291 g/mol. The van der Waals surface area contributed by atoms with Crippen molar-refractivity contribution in [3.8, 4) is 5.75 Å². The molecule has 0 radical (unpaired) electrons. The summed E-state index contributed by atoms with van der Waals surface area (Å²) in [7, 11) is 0. The van der Waals surface area contributed by atoms with Crippen LogP contribution in [0, 0.1) is 0 Å². The summed E-state index contributed by atoms with van der Waals surface area (Å²) in [5.74, 6) is 0.0203. The molecule has 0 saturated carbocycles. The normalized spacial score (nSPS) is 10.1. The maximum atomic E-state index is 12.0. The summed E-state index contributed by atoms with van der Waals surface area (Å²) < 4.78 is 9.00. The number of benzene rings is 1. The fourth-order valence-corrected chi connectivity index (χ4v) is 2.08. The number of amides is 1. The number of hydrogen-bond acceptors (Lipinski definition) is 6. The van der Waals surface area contributed by atoms with Gasteiger partial charge in [0.2, 0.25) is 0 Å². The zero-order valence-electron chi connectivity index (χ0n) is 10.8. The Balaban J connectivity index is 2.10. The number of esters is 1. The van der Waals surface area contributed by atoms with Crippen molar-refractivity contribution in [3.05, 3.63) is 40.8 Å². The van der Waals surface area contributed by atoms with Crippen LogP contribution < -0.4 is 15.8 Å². The molecule has 0 aliphatic rings. The summed E-state index contributed by atoms with van der Waals surface area (Å²) in [4.78, 5) is 23.8. The van der Waals surface area contributed by atoms with Gasteiger partial charge in [-0.25, -0.2) is 0 Å². The minimum Gasteiger partial charge on any atom is -0.427 e. The largest absolute Gasteiger partial charge is 0.427 e. The van der Waals surface area contributed by atoms with E-state index >= 15 is 0 Å². The van der Waals surface area contributed by atoms with Crippen LogP contribution >= 0.6 is 11.5 Å². The summed E-state index contributed by atoms with van der Waals surface area (Å²) in [5.41, 5.74) is 5.86. The summed E-state index contributed by atoms with van der Waals surface area (Å²) in [6.45, 7) is 1.69. The fourth-order valence-electron chi connectivity index (χ4n) is 1.52. The molecule has 0 aliphatic carbocycles. The number of nitrogens with zero attached hydrogens (tertiary/aromatic N) is 1. The van der Waals surface area contributed by atoms with Gasteiger partial charge in [-0.3, -0.25) is 9.59 Å². The SMILES string of the molecule is CC(=O)Oc1cccc(C(=O)Nc2cc(CN)sn2)c1. The Morgan fingerprint density at radius 1 is 1.40 bits per heavy atom. The molecule has 2 aromatic rings. The smallest absolute Gasteiger partial charge is 0.308 e. The molecule has 2 rings (SSSR count). The molecule has 0 atom stereocenters. The first-order valence-electron chi connectivity index (χ1n) is 5.84. The standard InChI is InChI=1S/C13H13N3O3S/c1-8(17)19-10-4-2-3-9(5-10)13(18)15-12-6-11(7-14)20-16-12/h2-6H,7,14H2,1H3,(H,15,16,18). The van der Waals surface area contributed by atoms with E-state index in [1.54, 1.807) is 24.3 Å². The molecule has 6 nitrogen and oxygen atoms in total. The molecule has 0 unspecified atom stereocenters. The molecule has 20 heavy (non-hydrogen) atoms. The van der Waals surface area contributed by atoms with Gasteiger partial charge in [-0.1, -0.05) is 6.07 Å². The van der Waals surface area contributed by atoms with Gasteiger partial charge in [0.05, 0.1) is 0 Å². The highest BCUT2D eigenvalue weighted by Gasteiger charge is 2.10. The Hall–Kier alpha value is -2.25. The lowest BCUT2D eigenvalue weighted by Gasteiger charge is -2.04. The molecule has 7 heteroatoms. The molecule has 3 N–H and O–H groups in total. The number of nitrogens with one attached hydrogen (secondary N) is 1. The number of anilines is 1. The van der Waals surface area contributed by atoms with Crippen molar-refractivity contribution >= 4 is 29.2 Å². The molecular formula is C13H13N3O3S. The van der Waals surface area contributed by atoms with Crippen LogP contribution in [0.2, 0.25) is 0 Å². The molecule has 1 amide bonds. The van der Waals surface area contributed by atoms with Crippen LogP contribution in [0.25, 0.3) is 0 Å². The van der Waals surface area contributed by atoms with Crippen molar-refractivity contribution in [2.45, 2.75) is 13.5 Å². The monoisotopic (exact) mass is 291 g/mol. The number of aromatic nitrogens is 1. The highest BCUT2D eigenvalue weighted by molar-refractivity contribution is 7.06. The first-order valence-corrected chi connectivity index (χ1v) is 6.61. The minimum absolute atomic E-state index is 0.325. The molecule has 0 aliphatic heterocycles. The van der Waals surface area contributed by atoms with Crippen LogP contribution in [0.1, 0.15) is 22.2 Å². The molecule has 0 saturated heterocycles. The zero-order valence-corrected chi connectivity index (χ0v) is 11.6. The molecule has 104 valence electrons. The topological polar surface area (TPSA) is 94.3 Å². The number of carbonyl (C=O) groups excluding carboxylic acids is 2. The number of hydrogen-bond donors (Lipinski definition) is 2. The van der Waals surface area contributed by atoms with E-state index in [0.717, 1.165) is 4.88 Å². The van der Waals surface area contributed by atoms with Crippen LogP contribution in [0.4, 0.5) is 5.82 Å². The lowest BCUT2D eigenvalue weighted by atomic mass is 10.2. The van der Waals surface area contributed by atoms with Crippen LogP contribution in [0.3, 0.4) is 0 Å². The Labute approximate surface area is 119 Å². The number of nitrogens with two attached hydrogens (primary N) is 1. The summed E-state index contributed by atoms with van der Waals surface area (Å²) in [6, 6.07) is 8.08. The van der Waals surface area contributed by atoms with E-state index in [1.165, 1.54) is 24.5 Å². The minimum atomic E-state index is -0.436. The Bertz CT molecular complexity index is 639. The predicted molar refractivity (Wildman–Crippen MR) is 75.7 cm³/mol. The van der Waals surface area contributed by atoms with Crippen molar-refractivity contribution in [2.24, 2.45) is 5.73 Å². The maximum absolute atomic E-state index is 12.0. The van der Waals surface area contributed by atoms with E-state index in [-0.39, 0.29) is 5.91 Å². The number of carbonyl (C=O) groups is 2. The highest BCUT2D eigenvalue weighted by Crippen LogP contribution is 2.17. The van der Waals surface area contributed by atoms with Gasteiger partial charge in [-0.2, -0.15) is 4.37 Å². The quantitative estimate of drug-likeness (QED) is 0.661.